The van der Waals surface area contributed by atoms with E-state index < -0.39 is 0 Å². The second-order valence-corrected chi connectivity index (χ2v) is 7.94. The summed E-state index contributed by atoms with van der Waals surface area (Å²) in [6, 6.07) is 11.6. The number of hydrogen-bond donors (Lipinski definition) is 3. The Morgan fingerprint density at radius 3 is 2.65 bits per heavy atom. The molecule has 1 amide bonds. The fourth-order valence-corrected chi connectivity index (χ4v) is 3.29. The molecule has 7 nitrogen and oxygen atoms in total. The van der Waals surface area contributed by atoms with Crippen LogP contribution in [-0.2, 0) is 13.0 Å². The van der Waals surface area contributed by atoms with Gasteiger partial charge < -0.3 is 20.7 Å². The summed E-state index contributed by atoms with van der Waals surface area (Å²) in [7, 11) is 3.38. The molecule has 1 atom stereocenters. The monoisotopic (exact) mass is 425 g/mol. The van der Waals surface area contributed by atoms with Crippen LogP contribution in [0.3, 0.4) is 0 Å². The molecule has 0 radical (unpaired) electrons. The van der Waals surface area contributed by atoms with Crippen LogP contribution in [0.5, 0.6) is 5.88 Å². The number of benzene rings is 1. The second kappa shape index (κ2) is 12.6. The molecule has 0 fully saturated rings. The van der Waals surface area contributed by atoms with Gasteiger partial charge in [-0.25, -0.2) is 4.98 Å². The first-order chi connectivity index (χ1) is 14.9. The van der Waals surface area contributed by atoms with E-state index in [-0.39, 0.29) is 12.0 Å². The fourth-order valence-electron chi connectivity index (χ4n) is 3.29. The lowest BCUT2D eigenvalue weighted by Crippen LogP contribution is -2.37. The van der Waals surface area contributed by atoms with Crippen LogP contribution in [0.1, 0.15) is 48.7 Å². The molecular formula is C24H35N5O2. The molecule has 0 saturated heterocycles. The summed E-state index contributed by atoms with van der Waals surface area (Å²) in [5.41, 5.74) is 2.83. The van der Waals surface area contributed by atoms with Crippen molar-refractivity contribution in [2.75, 3.05) is 20.6 Å². The molecule has 31 heavy (non-hydrogen) atoms. The zero-order chi connectivity index (χ0) is 22.6. The lowest BCUT2D eigenvalue weighted by Gasteiger charge is -2.16. The number of nitrogens with zero attached hydrogens (tertiary/aromatic N) is 2. The molecule has 0 saturated carbocycles. The van der Waals surface area contributed by atoms with E-state index in [1.165, 1.54) is 0 Å². The van der Waals surface area contributed by atoms with E-state index in [2.05, 4.69) is 46.7 Å². The van der Waals surface area contributed by atoms with Gasteiger partial charge in [-0.05, 0) is 55.0 Å². The van der Waals surface area contributed by atoms with Crippen molar-refractivity contribution in [1.29, 1.82) is 0 Å². The van der Waals surface area contributed by atoms with Crippen molar-refractivity contribution in [3.63, 3.8) is 0 Å². The third-order valence-corrected chi connectivity index (χ3v) is 4.73. The summed E-state index contributed by atoms with van der Waals surface area (Å²) in [5, 5.41) is 9.28. The van der Waals surface area contributed by atoms with Gasteiger partial charge in [0.15, 0.2) is 5.96 Å². The number of hydrogen-bond acceptors (Lipinski definition) is 4. The normalized spacial score (nSPS) is 12.4. The van der Waals surface area contributed by atoms with Crippen LogP contribution in [0.4, 0.5) is 0 Å². The summed E-state index contributed by atoms with van der Waals surface area (Å²) in [4.78, 5) is 20.4. The van der Waals surface area contributed by atoms with Gasteiger partial charge in [-0.1, -0.05) is 26.0 Å². The minimum absolute atomic E-state index is 0.0772. The number of aliphatic imine (C=N–C) groups is 1. The van der Waals surface area contributed by atoms with E-state index in [9.17, 15) is 4.79 Å². The maximum atomic E-state index is 11.8. The van der Waals surface area contributed by atoms with Gasteiger partial charge in [-0.2, -0.15) is 0 Å². The summed E-state index contributed by atoms with van der Waals surface area (Å²) < 4.78 is 5.93. The average molecular weight is 426 g/mol. The number of aromatic nitrogens is 1. The van der Waals surface area contributed by atoms with Crippen LogP contribution in [-0.4, -0.2) is 43.6 Å². The van der Waals surface area contributed by atoms with Crippen molar-refractivity contribution in [3.8, 4) is 5.88 Å². The highest BCUT2D eigenvalue weighted by molar-refractivity contribution is 5.94. The molecule has 0 spiro atoms. The van der Waals surface area contributed by atoms with Crippen molar-refractivity contribution in [1.82, 2.24) is 20.9 Å². The minimum atomic E-state index is -0.0772. The summed E-state index contributed by atoms with van der Waals surface area (Å²) in [5.74, 6) is 1.87. The van der Waals surface area contributed by atoms with Gasteiger partial charge in [0.1, 0.15) is 0 Å². The number of ether oxygens (including phenoxy) is 1. The molecule has 168 valence electrons. The number of rotatable bonds is 10. The molecule has 2 rings (SSSR count). The predicted molar refractivity (Wildman–Crippen MR) is 126 cm³/mol. The summed E-state index contributed by atoms with van der Waals surface area (Å²) >= 11 is 0. The molecule has 2 aromatic rings. The van der Waals surface area contributed by atoms with E-state index in [1.54, 1.807) is 20.3 Å². The third-order valence-electron chi connectivity index (χ3n) is 4.73. The Balaban J connectivity index is 1.82. The lowest BCUT2D eigenvalue weighted by molar-refractivity contribution is 0.0963. The first kappa shape index (κ1) is 24.2. The smallest absolute Gasteiger partial charge is 0.251 e. The van der Waals surface area contributed by atoms with Crippen LogP contribution in [0.2, 0.25) is 0 Å². The Kier molecular flexibility index (Phi) is 9.81. The Hall–Kier alpha value is -3.09. The predicted octanol–water partition coefficient (Wildman–Crippen LogP) is 3.16. The molecule has 0 aliphatic carbocycles. The van der Waals surface area contributed by atoms with Gasteiger partial charge in [-0.3, -0.25) is 9.79 Å². The lowest BCUT2D eigenvalue weighted by atomic mass is 10.1. The number of nitrogens with one attached hydrogen (secondary N) is 3. The Morgan fingerprint density at radius 1 is 1.13 bits per heavy atom. The average Bonchev–Trinajstić information content (AvgIpc) is 2.75. The van der Waals surface area contributed by atoms with E-state index in [0.29, 0.717) is 30.5 Å². The number of guanidine groups is 1. The SMILES string of the molecule is CN=C(NCCc1cccc(C(=O)NC)c1)NCc1ccnc(OC(C)CC(C)C)c1. The highest BCUT2D eigenvalue weighted by atomic mass is 16.5. The highest BCUT2D eigenvalue weighted by Crippen LogP contribution is 2.15. The van der Waals surface area contributed by atoms with Crippen molar-refractivity contribution in [2.45, 2.75) is 46.3 Å². The molecule has 3 N–H and O–H groups in total. The summed E-state index contributed by atoms with van der Waals surface area (Å²) in [6.45, 7) is 7.76. The Morgan fingerprint density at radius 2 is 1.94 bits per heavy atom. The maximum absolute atomic E-state index is 11.8. The molecule has 0 aliphatic heterocycles. The first-order valence-corrected chi connectivity index (χ1v) is 10.8. The van der Waals surface area contributed by atoms with E-state index in [4.69, 9.17) is 4.74 Å². The van der Waals surface area contributed by atoms with Crippen LogP contribution in [0, 0.1) is 5.92 Å². The maximum Gasteiger partial charge on any atom is 0.251 e. The topological polar surface area (TPSA) is 87.6 Å². The van der Waals surface area contributed by atoms with Crippen molar-refractivity contribution in [2.24, 2.45) is 10.9 Å². The number of pyridine rings is 1. The van der Waals surface area contributed by atoms with Crippen molar-refractivity contribution in [3.05, 3.63) is 59.3 Å². The minimum Gasteiger partial charge on any atom is -0.475 e. The highest BCUT2D eigenvalue weighted by Gasteiger charge is 2.08. The molecule has 1 unspecified atom stereocenters. The van der Waals surface area contributed by atoms with Gasteiger partial charge in [0.2, 0.25) is 5.88 Å². The molecule has 7 heteroatoms. The van der Waals surface area contributed by atoms with Crippen LogP contribution < -0.4 is 20.7 Å². The third kappa shape index (κ3) is 8.66. The zero-order valence-electron chi connectivity index (χ0n) is 19.2. The van der Waals surface area contributed by atoms with Crippen LogP contribution in [0.15, 0.2) is 47.6 Å². The van der Waals surface area contributed by atoms with Crippen molar-refractivity contribution >= 4 is 11.9 Å². The Bertz CT molecular complexity index is 867. The molecule has 1 aromatic heterocycles. The molecule has 1 aromatic carbocycles. The Labute approximate surface area is 185 Å². The second-order valence-electron chi connectivity index (χ2n) is 7.94. The van der Waals surface area contributed by atoms with E-state index >= 15 is 0 Å². The summed E-state index contributed by atoms with van der Waals surface area (Å²) in [6.07, 6.45) is 3.68. The van der Waals surface area contributed by atoms with Gasteiger partial charge in [0, 0.05) is 45.0 Å². The van der Waals surface area contributed by atoms with E-state index in [1.807, 2.05) is 36.4 Å². The van der Waals surface area contributed by atoms with Crippen LogP contribution in [0.25, 0.3) is 0 Å². The van der Waals surface area contributed by atoms with Crippen LogP contribution >= 0.6 is 0 Å². The number of carbonyl (C=O) groups is 1. The molecule has 0 aliphatic rings. The molecule has 1 heterocycles. The van der Waals surface area contributed by atoms with E-state index in [0.717, 1.165) is 29.9 Å². The standard InChI is InChI=1S/C24H35N5O2/c1-17(2)13-18(3)31-22-15-20(10-11-27-22)16-29-24(26-5)28-12-9-19-7-6-8-21(14-19)23(30)25-4/h6-8,10-11,14-15,17-18H,9,12-13,16H2,1-5H3,(H,25,30)(H2,26,28,29). The fraction of sp³-hybridized carbons (Fsp3) is 0.458. The first-order valence-electron chi connectivity index (χ1n) is 10.8. The molecular weight excluding hydrogens is 390 g/mol. The number of amides is 1. The van der Waals surface area contributed by atoms with Gasteiger partial charge in [-0.15, -0.1) is 0 Å². The largest absolute Gasteiger partial charge is 0.475 e. The van der Waals surface area contributed by atoms with Crippen molar-refractivity contribution < 1.29 is 9.53 Å². The quantitative estimate of drug-likeness (QED) is 0.402. The van der Waals surface area contributed by atoms with Gasteiger partial charge >= 0.3 is 0 Å². The van der Waals surface area contributed by atoms with Gasteiger partial charge in [0.25, 0.3) is 5.91 Å². The number of carbonyl (C=O) groups excluding carboxylic acids is 1. The molecule has 0 bridgehead atoms. The zero-order valence-corrected chi connectivity index (χ0v) is 19.2. The van der Waals surface area contributed by atoms with Gasteiger partial charge in [0.05, 0.1) is 6.10 Å².